The highest BCUT2D eigenvalue weighted by Crippen LogP contribution is 2.40. The average Bonchev–Trinajstić information content (AvgIpc) is 3.60. The number of amides is 1. The van der Waals surface area contributed by atoms with Crippen LogP contribution in [0.25, 0.3) is 0 Å². The minimum Gasteiger partial charge on any atom is -0.492 e. The van der Waals surface area contributed by atoms with Crippen LogP contribution in [0.4, 0.5) is 5.69 Å². The lowest BCUT2D eigenvalue weighted by Gasteiger charge is -2.26. The summed E-state index contributed by atoms with van der Waals surface area (Å²) in [6.45, 7) is 7.78. The molecule has 0 radical (unpaired) electrons. The smallest absolute Gasteiger partial charge is 0.268 e. The van der Waals surface area contributed by atoms with Crippen molar-refractivity contribution in [1.29, 1.82) is 0 Å². The number of hydrogen-bond acceptors (Lipinski definition) is 5. The van der Waals surface area contributed by atoms with E-state index in [9.17, 15) is 4.79 Å². The third kappa shape index (κ3) is 4.92. The Hall–Kier alpha value is -2.57. The van der Waals surface area contributed by atoms with E-state index in [2.05, 4.69) is 17.0 Å². The zero-order valence-electron chi connectivity index (χ0n) is 18.8. The summed E-state index contributed by atoms with van der Waals surface area (Å²) in [6.07, 6.45) is 2.84. The number of anilines is 1. The van der Waals surface area contributed by atoms with Crippen molar-refractivity contribution in [1.82, 2.24) is 4.90 Å². The number of rotatable bonds is 8. The van der Waals surface area contributed by atoms with Crippen molar-refractivity contribution in [3.63, 3.8) is 0 Å². The van der Waals surface area contributed by atoms with Crippen molar-refractivity contribution in [3.05, 3.63) is 53.6 Å². The first-order valence-electron chi connectivity index (χ1n) is 11.8. The van der Waals surface area contributed by atoms with Crippen molar-refractivity contribution < 1.29 is 19.0 Å². The molecule has 1 aliphatic carbocycles. The number of carbonyl (C=O) groups excluding carboxylic acids is 1. The highest BCUT2D eigenvalue weighted by Gasteiger charge is 2.34. The van der Waals surface area contributed by atoms with Gasteiger partial charge in [-0.25, -0.2) is 0 Å². The number of benzene rings is 2. The highest BCUT2D eigenvalue weighted by atomic mass is 16.5. The number of carbonyl (C=O) groups is 1. The van der Waals surface area contributed by atoms with Crippen LogP contribution in [0.3, 0.4) is 0 Å². The molecule has 6 nitrogen and oxygen atoms in total. The number of nitrogens with zero attached hydrogens (tertiary/aromatic N) is 2. The second kappa shape index (κ2) is 9.51. The van der Waals surface area contributed by atoms with Crippen LogP contribution in [0.1, 0.15) is 36.3 Å². The molecule has 1 saturated carbocycles. The molecule has 2 saturated heterocycles. The van der Waals surface area contributed by atoms with E-state index in [1.54, 1.807) is 0 Å². The Morgan fingerprint density at radius 1 is 1.00 bits per heavy atom. The summed E-state index contributed by atoms with van der Waals surface area (Å²) in [4.78, 5) is 17.2. The summed E-state index contributed by atoms with van der Waals surface area (Å²) in [5, 5.41) is 0. The minimum atomic E-state index is -0.425. The molecule has 2 heterocycles. The Bertz CT molecular complexity index is 935. The molecule has 6 heteroatoms. The lowest BCUT2D eigenvalue weighted by molar-refractivity contribution is -0.122. The van der Waals surface area contributed by atoms with Crippen molar-refractivity contribution in [3.8, 4) is 11.5 Å². The quantitative estimate of drug-likeness (QED) is 0.631. The molecule has 2 aromatic rings. The van der Waals surface area contributed by atoms with Crippen LogP contribution in [0.2, 0.25) is 0 Å². The van der Waals surface area contributed by atoms with Crippen LogP contribution in [0, 0.1) is 6.92 Å². The van der Waals surface area contributed by atoms with E-state index in [1.165, 1.54) is 18.4 Å². The molecule has 0 N–H and O–H groups in total. The molecule has 5 rings (SSSR count). The number of aryl methyl sites for hydroxylation is 1. The Balaban J connectivity index is 1.15. The molecule has 1 amide bonds. The topological polar surface area (TPSA) is 51.2 Å². The first kappa shape index (κ1) is 21.3. The van der Waals surface area contributed by atoms with Gasteiger partial charge in [0.05, 0.1) is 13.2 Å². The van der Waals surface area contributed by atoms with E-state index < -0.39 is 6.10 Å². The Labute approximate surface area is 190 Å². The minimum absolute atomic E-state index is 0.0247. The molecule has 0 bridgehead atoms. The van der Waals surface area contributed by atoms with Gasteiger partial charge < -0.3 is 19.1 Å². The van der Waals surface area contributed by atoms with Gasteiger partial charge in [-0.1, -0.05) is 12.1 Å². The summed E-state index contributed by atoms with van der Waals surface area (Å²) in [5.74, 6) is 2.39. The molecule has 3 aliphatic rings. The summed E-state index contributed by atoms with van der Waals surface area (Å²) in [5.41, 5.74) is 3.32. The predicted octanol–water partition coefficient (Wildman–Crippen LogP) is 3.77. The van der Waals surface area contributed by atoms with E-state index >= 15 is 0 Å². The third-order valence-electron chi connectivity index (χ3n) is 6.60. The average molecular weight is 437 g/mol. The first-order chi connectivity index (χ1) is 15.7. The maximum Gasteiger partial charge on any atom is 0.268 e. The van der Waals surface area contributed by atoms with Gasteiger partial charge in [-0.15, -0.1) is 0 Å². The fourth-order valence-electron chi connectivity index (χ4n) is 4.49. The lowest BCUT2D eigenvalue weighted by atomic mass is 10.1. The van der Waals surface area contributed by atoms with Crippen LogP contribution >= 0.6 is 0 Å². The summed E-state index contributed by atoms with van der Waals surface area (Å²) >= 11 is 0. The lowest BCUT2D eigenvalue weighted by Crippen LogP contribution is -2.38. The molecule has 2 aliphatic heterocycles. The molecular weight excluding hydrogens is 404 g/mol. The fraction of sp³-hybridized carbons (Fsp3) is 0.500. The fourth-order valence-corrected chi connectivity index (χ4v) is 4.49. The second-order valence-electron chi connectivity index (χ2n) is 8.98. The van der Waals surface area contributed by atoms with Crippen molar-refractivity contribution in [2.75, 3.05) is 50.9 Å². The molecule has 0 aromatic heterocycles. The van der Waals surface area contributed by atoms with Gasteiger partial charge in [0, 0.05) is 38.3 Å². The van der Waals surface area contributed by atoms with E-state index in [1.807, 2.05) is 42.2 Å². The SMILES string of the molecule is Cc1cc(N2CC[C@H](Oc3ccc(C4CC4)cc3)C2=O)ccc1OCCN1CCOCC1. The molecule has 170 valence electrons. The largest absolute Gasteiger partial charge is 0.492 e. The highest BCUT2D eigenvalue weighted by molar-refractivity contribution is 5.99. The molecule has 0 unspecified atom stereocenters. The standard InChI is InChI=1S/C26H32N2O4/c1-19-18-22(6-9-24(19)31-17-14-27-12-15-30-16-13-27)28-11-10-25(26(28)29)32-23-7-4-21(5-8-23)20-2-3-20/h4-9,18,20,25H,2-3,10-17H2,1H3/t25-/m0/s1. The number of ether oxygens (including phenoxy) is 3. The predicted molar refractivity (Wildman–Crippen MR) is 124 cm³/mol. The van der Waals surface area contributed by atoms with Gasteiger partial charge in [-0.05, 0) is 67.1 Å². The number of hydrogen-bond donors (Lipinski definition) is 0. The van der Waals surface area contributed by atoms with Gasteiger partial charge >= 0.3 is 0 Å². The van der Waals surface area contributed by atoms with Gasteiger partial charge in [0.2, 0.25) is 0 Å². The van der Waals surface area contributed by atoms with Crippen LogP contribution in [0.15, 0.2) is 42.5 Å². The Morgan fingerprint density at radius 2 is 1.78 bits per heavy atom. The van der Waals surface area contributed by atoms with Crippen LogP contribution < -0.4 is 14.4 Å². The molecule has 0 spiro atoms. The summed E-state index contributed by atoms with van der Waals surface area (Å²) < 4.78 is 17.4. The third-order valence-corrected chi connectivity index (χ3v) is 6.60. The van der Waals surface area contributed by atoms with Gasteiger partial charge in [-0.2, -0.15) is 0 Å². The maximum atomic E-state index is 13.0. The molecule has 2 aromatic carbocycles. The van der Waals surface area contributed by atoms with E-state index in [-0.39, 0.29) is 5.91 Å². The monoisotopic (exact) mass is 436 g/mol. The van der Waals surface area contributed by atoms with E-state index in [0.717, 1.165) is 61.5 Å². The summed E-state index contributed by atoms with van der Waals surface area (Å²) in [7, 11) is 0. The Morgan fingerprint density at radius 3 is 2.50 bits per heavy atom. The Kier molecular flexibility index (Phi) is 6.32. The molecular formula is C26H32N2O4. The van der Waals surface area contributed by atoms with Crippen LogP contribution in [0.5, 0.6) is 11.5 Å². The van der Waals surface area contributed by atoms with Gasteiger partial charge in [0.1, 0.15) is 18.1 Å². The normalized spacial score (nSPS) is 21.7. The van der Waals surface area contributed by atoms with E-state index in [4.69, 9.17) is 14.2 Å². The van der Waals surface area contributed by atoms with Crippen molar-refractivity contribution in [2.24, 2.45) is 0 Å². The zero-order chi connectivity index (χ0) is 21.9. The zero-order valence-corrected chi connectivity index (χ0v) is 18.8. The molecule has 3 fully saturated rings. The molecule has 1 atom stereocenters. The summed E-state index contributed by atoms with van der Waals surface area (Å²) in [6, 6.07) is 14.2. The van der Waals surface area contributed by atoms with Gasteiger partial charge in [-0.3, -0.25) is 9.69 Å². The van der Waals surface area contributed by atoms with Gasteiger partial charge in [0.25, 0.3) is 5.91 Å². The van der Waals surface area contributed by atoms with Crippen molar-refractivity contribution >= 4 is 11.6 Å². The molecule has 32 heavy (non-hydrogen) atoms. The van der Waals surface area contributed by atoms with Gasteiger partial charge in [0.15, 0.2) is 6.10 Å². The van der Waals surface area contributed by atoms with E-state index in [0.29, 0.717) is 19.6 Å². The number of morpholine rings is 1. The first-order valence-corrected chi connectivity index (χ1v) is 11.8. The van der Waals surface area contributed by atoms with Crippen LogP contribution in [-0.2, 0) is 9.53 Å². The second-order valence-corrected chi connectivity index (χ2v) is 8.98. The van der Waals surface area contributed by atoms with Crippen LogP contribution in [-0.4, -0.2) is 62.9 Å². The van der Waals surface area contributed by atoms with Crippen molar-refractivity contribution in [2.45, 2.75) is 38.2 Å². The maximum absolute atomic E-state index is 13.0.